The van der Waals surface area contributed by atoms with E-state index < -0.39 is 17.3 Å². The van der Waals surface area contributed by atoms with Crippen molar-refractivity contribution in [2.75, 3.05) is 6.54 Å². The largest absolute Gasteiger partial charge is 0.508 e. The maximum absolute atomic E-state index is 13.6. The van der Waals surface area contributed by atoms with Crippen molar-refractivity contribution in [2.45, 2.75) is 108 Å². The minimum atomic E-state index is -0.663. The van der Waals surface area contributed by atoms with Gasteiger partial charge in [-0.15, -0.1) is 0 Å². The van der Waals surface area contributed by atoms with Crippen molar-refractivity contribution in [1.29, 1.82) is 0 Å². The third-order valence-electron chi connectivity index (χ3n) is 14.9. The highest BCUT2D eigenvalue weighted by molar-refractivity contribution is 5.74. The van der Waals surface area contributed by atoms with Crippen LogP contribution in [0.3, 0.4) is 0 Å². The summed E-state index contributed by atoms with van der Waals surface area (Å²) >= 11 is 0. The molecular weight excluding hydrogens is 691 g/mol. The molecule has 9 atom stereocenters. The molecule has 8 rings (SSSR count). The van der Waals surface area contributed by atoms with Crippen molar-refractivity contribution < 1.29 is 19.8 Å². The molecule has 1 spiro atoms. The number of carbonyl (C=O) groups excluding carboxylic acids is 1. The van der Waals surface area contributed by atoms with Gasteiger partial charge in [-0.3, -0.25) is 4.79 Å². The lowest BCUT2D eigenvalue weighted by atomic mass is 9.47. The van der Waals surface area contributed by atoms with Crippen LogP contribution in [0.25, 0.3) is 12.2 Å². The maximum Gasteiger partial charge on any atom is 0.307 e. The number of phenolic OH excluding ortho intramolecular Hbond substituents is 1. The molecule has 5 heteroatoms. The van der Waals surface area contributed by atoms with E-state index in [0.29, 0.717) is 42.6 Å². The predicted molar refractivity (Wildman–Crippen MR) is 225 cm³/mol. The standard InChI is InChI=1S/C51H61NO4/c52-25-24-34-14-17-41(26-34)42(33-53)12-3-1-2-8-36-9-6-7-13-48(50(55)56)51-32-44-30-40-11-5-4-10-39(40)29-43(44)31-45(51)21-18-38-16-15-35(28-49(38)51)27-47(36)37-19-22-46(54)23-20-37/h4-7,10-11,15-16,19-20,22-23,26,28-30,33,36,41-45,47-48,54H,1-3,8-9,12-14,17-18,21,24-25,27,31-32,52H2,(H,55,56)/t36-,41+,42+,43+,44+,45-,47-,48-,51+/m0/s1. The first-order chi connectivity index (χ1) is 27.4. The number of nitrogens with two attached hydrogens (primary N) is 1. The van der Waals surface area contributed by atoms with Gasteiger partial charge in [0.2, 0.25) is 0 Å². The number of aldehydes is 1. The summed E-state index contributed by atoms with van der Waals surface area (Å²) in [4.78, 5) is 25.8. The van der Waals surface area contributed by atoms with Crippen LogP contribution in [0.4, 0.5) is 0 Å². The van der Waals surface area contributed by atoms with Crippen LogP contribution in [-0.4, -0.2) is 29.0 Å². The van der Waals surface area contributed by atoms with Gasteiger partial charge in [0.1, 0.15) is 12.0 Å². The molecule has 0 radical (unpaired) electrons. The summed E-state index contributed by atoms with van der Waals surface area (Å²) < 4.78 is 0. The summed E-state index contributed by atoms with van der Waals surface area (Å²) in [7, 11) is 0. The van der Waals surface area contributed by atoms with Crippen LogP contribution in [0.1, 0.15) is 112 Å². The van der Waals surface area contributed by atoms with E-state index in [0.717, 1.165) is 89.9 Å². The van der Waals surface area contributed by atoms with Gasteiger partial charge < -0.3 is 20.7 Å². The number of hydrogen-bond donors (Lipinski definition) is 3. The molecule has 0 unspecified atom stereocenters. The number of benzene rings is 3. The molecule has 5 nitrogen and oxygen atoms in total. The second-order valence-electron chi connectivity index (χ2n) is 18.0. The van der Waals surface area contributed by atoms with Gasteiger partial charge in [0.05, 0.1) is 5.92 Å². The normalized spacial score (nSPS) is 29.8. The third kappa shape index (κ3) is 7.86. The molecule has 4 N–H and O–H groups in total. The van der Waals surface area contributed by atoms with E-state index >= 15 is 0 Å². The monoisotopic (exact) mass is 751 g/mol. The fourth-order valence-corrected chi connectivity index (χ4v) is 12.1. The second-order valence-corrected chi connectivity index (χ2v) is 18.0. The lowest BCUT2D eigenvalue weighted by Gasteiger charge is -2.55. The zero-order chi connectivity index (χ0) is 38.6. The first-order valence-electron chi connectivity index (χ1n) is 21.8. The SMILES string of the molecule is NCCC1=C[C@H]([C@@H](C=O)CCCCC[C@H]2CC=CC[C@@H](C(=O)O)[C@@]34C[C@H]5C=c6ccccc6=C[C@@H]5C[C@@H]3CCc3ccc(cc34)C[C@@H]2c2ccc(O)cc2)CC1. The smallest absolute Gasteiger partial charge is 0.307 e. The summed E-state index contributed by atoms with van der Waals surface area (Å²) in [6, 6.07) is 23.7. The Balaban J connectivity index is 1.08. The van der Waals surface area contributed by atoms with Crippen LogP contribution in [0.15, 0.2) is 90.5 Å². The fourth-order valence-electron chi connectivity index (χ4n) is 12.1. The van der Waals surface area contributed by atoms with E-state index in [2.05, 4.69) is 85.0 Å². The molecule has 294 valence electrons. The zero-order valence-electron chi connectivity index (χ0n) is 33.0. The average molecular weight is 752 g/mol. The van der Waals surface area contributed by atoms with Crippen molar-refractivity contribution in [3.8, 4) is 5.75 Å². The zero-order valence-corrected chi connectivity index (χ0v) is 33.0. The van der Waals surface area contributed by atoms with Gasteiger partial charge in [-0.05, 0) is 164 Å². The first-order valence-corrected chi connectivity index (χ1v) is 21.8. The Kier molecular flexibility index (Phi) is 11.8. The van der Waals surface area contributed by atoms with Crippen molar-refractivity contribution >= 4 is 24.4 Å². The lowest BCUT2D eigenvalue weighted by Crippen LogP contribution is -2.54. The van der Waals surface area contributed by atoms with Gasteiger partial charge in [0, 0.05) is 11.3 Å². The van der Waals surface area contributed by atoms with E-state index in [1.807, 2.05) is 12.1 Å². The number of allylic oxidation sites excluding steroid dienone is 3. The Labute approximate surface area is 333 Å². The van der Waals surface area contributed by atoms with Crippen molar-refractivity contribution in [2.24, 2.45) is 47.2 Å². The second kappa shape index (κ2) is 17.1. The number of aryl methyl sites for hydroxylation is 1. The van der Waals surface area contributed by atoms with Gasteiger partial charge in [-0.25, -0.2) is 0 Å². The maximum atomic E-state index is 13.6. The molecule has 0 aromatic heterocycles. The summed E-state index contributed by atoms with van der Waals surface area (Å²) in [6.45, 7) is 0.675. The Morgan fingerprint density at radius 1 is 0.893 bits per heavy atom. The Bertz CT molecular complexity index is 2060. The number of unbranched alkanes of at least 4 members (excludes halogenated alkanes) is 2. The molecule has 3 aromatic carbocycles. The van der Waals surface area contributed by atoms with Gasteiger partial charge >= 0.3 is 5.97 Å². The Hall–Kier alpha value is -4.22. The van der Waals surface area contributed by atoms with E-state index in [-0.39, 0.29) is 17.6 Å². The van der Waals surface area contributed by atoms with E-state index in [1.54, 1.807) is 0 Å². The molecule has 5 aliphatic rings. The molecular formula is C51H61NO4. The number of carbonyl (C=O) groups is 2. The van der Waals surface area contributed by atoms with Crippen molar-refractivity contribution in [3.63, 3.8) is 0 Å². The summed E-state index contributed by atoms with van der Waals surface area (Å²) in [5.74, 6) is 1.27. The molecule has 0 saturated heterocycles. The minimum Gasteiger partial charge on any atom is -0.508 e. The van der Waals surface area contributed by atoms with Crippen molar-refractivity contribution in [1.82, 2.24) is 0 Å². The quantitative estimate of drug-likeness (QED) is 0.0976. The van der Waals surface area contributed by atoms with Crippen LogP contribution < -0.4 is 16.2 Å². The number of aliphatic carboxylic acids is 1. The number of fused-ring (bicyclic) bond motifs is 3. The Morgan fingerprint density at radius 2 is 1.68 bits per heavy atom. The highest BCUT2D eigenvalue weighted by Crippen LogP contribution is 2.59. The van der Waals surface area contributed by atoms with Crippen LogP contribution in [0, 0.1) is 41.4 Å². The number of rotatable bonds is 12. The van der Waals surface area contributed by atoms with E-state index in [4.69, 9.17) is 5.73 Å². The summed E-state index contributed by atoms with van der Waals surface area (Å²) in [6.07, 6.45) is 27.5. The molecule has 0 heterocycles. The third-order valence-corrected chi connectivity index (χ3v) is 14.9. The first kappa shape index (κ1) is 38.6. The van der Waals surface area contributed by atoms with Gasteiger partial charge in [0.25, 0.3) is 0 Å². The molecule has 3 aromatic rings. The molecule has 0 aliphatic heterocycles. The lowest BCUT2D eigenvalue weighted by molar-refractivity contribution is -0.147. The number of carboxylic acids is 1. The topological polar surface area (TPSA) is 101 Å². The molecule has 1 fully saturated rings. The van der Waals surface area contributed by atoms with Crippen LogP contribution in [0.2, 0.25) is 0 Å². The predicted octanol–water partition coefficient (Wildman–Crippen LogP) is 8.94. The molecule has 56 heavy (non-hydrogen) atoms. The highest BCUT2D eigenvalue weighted by Gasteiger charge is 2.56. The van der Waals surface area contributed by atoms with Gasteiger partial charge in [0.15, 0.2) is 0 Å². The van der Waals surface area contributed by atoms with Crippen LogP contribution in [-0.2, 0) is 27.8 Å². The van der Waals surface area contributed by atoms with Gasteiger partial charge in [-0.1, -0.05) is 110 Å². The summed E-state index contributed by atoms with van der Waals surface area (Å²) in [5.41, 5.74) is 12.0. The molecule has 5 aliphatic carbocycles. The number of phenols is 1. The number of aromatic hydroxyl groups is 1. The van der Waals surface area contributed by atoms with Crippen LogP contribution in [0.5, 0.6) is 5.75 Å². The van der Waals surface area contributed by atoms with Gasteiger partial charge in [-0.2, -0.15) is 0 Å². The average Bonchev–Trinajstić information content (AvgIpc) is 3.67. The fraction of sp³-hybridized carbons (Fsp3) is 0.490. The number of carboxylic acid groups (broad SMARTS) is 1. The van der Waals surface area contributed by atoms with Crippen LogP contribution >= 0.6 is 0 Å². The van der Waals surface area contributed by atoms with E-state index in [9.17, 15) is 19.8 Å². The minimum absolute atomic E-state index is 0.0911. The highest BCUT2D eigenvalue weighted by atomic mass is 16.4. The molecule has 2 bridgehead atoms. The summed E-state index contributed by atoms with van der Waals surface area (Å²) in [5, 5.41) is 24.0. The van der Waals surface area contributed by atoms with Crippen molar-refractivity contribution in [3.05, 3.63) is 123 Å². The number of hydrogen-bond acceptors (Lipinski definition) is 4. The van der Waals surface area contributed by atoms with E-state index in [1.165, 1.54) is 44.6 Å². The molecule has 0 amide bonds. The molecule has 1 saturated carbocycles. The Morgan fingerprint density at radius 3 is 2.45 bits per heavy atom.